The van der Waals surface area contributed by atoms with Gasteiger partial charge in [-0.15, -0.1) is 0 Å². The molecule has 0 radical (unpaired) electrons. The molecular weight excluding hydrogens is 238 g/mol. The molecule has 6 heteroatoms. The van der Waals surface area contributed by atoms with Crippen molar-refractivity contribution in [2.45, 2.75) is 6.10 Å². The van der Waals surface area contributed by atoms with E-state index < -0.39 is 0 Å². The average molecular weight is 253 g/mol. The number of nitrogens with one attached hydrogen (secondary N) is 1. The van der Waals surface area contributed by atoms with E-state index in [9.17, 15) is 0 Å². The Kier molecular flexibility index (Phi) is 4.24. The molecule has 1 unspecified atom stereocenters. The highest BCUT2D eigenvalue weighted by molar-refractivity contribution is 7.80. The SMILES string of the molecule is NC(=S)c1ccc(NCC2COCCO2)cn1. The first-order chi connectivity index (χ1) is 8.25. The summed E-state index contributed by atoms with van der Waals surface area (Å²) in [7, 11) is 0. The summed E-state index contributed by atoms with van der Waals surface area (Å²) in [5.41, 5.74) is 7.01. The highest BCUT2D eigenvalue weighted by Crippen LogP contribution is 2.08. The third-order valence-corrected chi connectivity index (χ3v) is 2.64. The van der Waals surface area contributed by atoms with Gasteiger partial charge < -0.3 is 20.5 Å². The van der Waals surface area contributed by atoms with Crippen LogP contribution < -0.4 is 11.1 Å². The van der Waals surface area contributed by atoms with E-state index >= 15 is 0 Å². The molecule has 1 aliphatic heterocycles. The van der Waals surface area contributed by atoms with Gasteiger partial charge in [0.2, 0.25) is 0 Å². The number of nitrogens with zero attached hydrogens (tertiary/aromatic N) is 1. The summed E-state index contributed by atoms with van der Waals surface area (Å²) in [5, 5.41) is 3.23. The van der Waals surface area contributed by atoms with Gasteiger partial charge in [0.25, 0.3) is 0 Å². The van der Waals surface area contributed by atoms with Crippen molar-refractivity contribution < 1.29 is 9.47 Å². The highest BCUT2D eigenvalue weighted by atomic mass is 32.1. The number of nitrogens with two attached hydrogens (primary N) is 1. The van der Waals surface area contributed by atoms with Gasteiger partial charge in [0.1, 0.15) is 4.99 Å². The zero-order valence-corrected chi connectivity index (χ0v) is 10.2. The molecule has 0 amide bonds. The van der Waals surface area contributed by atoms with Gasteiger partial charge in [-0.1, -0.05) is 12.2 Å². The first-order valence-corrected chi connectivity index (χ1v) is 5.85. The summed E-state index contributed by atoms with van der Waals surface area (Å²) in [6.07, 6.45) is 1.80. The lowest BCUT2D eigenvalue weighted by Gasteiger charge is -2.23. The van der Waals surface area contributed by atoms with Crippen molar-refractivity contribution in [2.75, 3.05) is 31.7 Å². The second-order valence-corrected chi connectivity index (χ2v) is 4.18. The standard InChI is InChI=1S/C11H15N3O2S/c12-11(17)10-2-1-8(5-14-10)13-6-9-7-15-3-4-16-9/h1-2,5,9,13H,3-4,6-7H2,(H2,12,17). The van der Waals surface area contributed by atoms with Crippen LogP contribution in [0.25, 0.3) is 0 Å². The van der Waals surface area contributed by atoms with Crippen molar-refractivity contribution >= 4 is 22.9 Å². The van der Waals surface area contributed by atoms with Crippen molar-refractivity contribution in [3.05, 3.63) is 24.0 Å². The molecule has 1 aromatic heterocycles. The first-order valence-electron chi connectivity index (χ1n) is 5.45. The number of hydrogen-bond donors (Lipinski definition) is 2. The molecule has 92 valence electrons. The van der Waals surface area contributed by atoms with Gasteiger partial charge in [0.15, 0.2) is 0 Å². The molecule has 2 heterocycles. The van der Waals surface area contributed by atoms with E-state index in [1.165, 1.54) is 0 Å². The number of aromatic nitrogens is 1. The number of thiocarbonyl (C=S) groups is 1. The molecule has 2 rings (SSSR count). The van der Waals surface area contributed by atoms with E-state index in [1.54, 1.807) is 12.3 Å². The average Bonchev–Trinajstić information content (AvgIpc) is 2.38. The van der Waals surface area contributed by atoms with Crippen LogP contribution in [0.4, 0.5) is 5.69 Å². The Labute approximate surface area is 105 Å². The van der Waals surface area contributed by atoms with Crippen LogP contribution in [-0.2, 0) is 9.47 Å². The molecule has 0 bridgehead atoms. The zero-order chi connectivity index (χ0) is 12.1. The van der Waals surface area contributed by atoms with Crippen LogP contribution in [0.3, 0.4) is 0 Å². The Balaban J connectivity index is 1.84. The van der Waals surface area contributed by atoms with E-state index in [0.717, 1.165) is 5.69 Å². The molecule has 1 aromatic rings. The summed E-state index contributed by atoms with van der Waals surface area (Å²) in [5.74, 6) is 0. The van der Waals surface area contributed by atoms with Gasteiger partial charge in [-0.2, -0.15) is 0 Å². The maximum atomic E-state index is 5.51. The van der Waals surface area contributed by atoms with Crippen LogP contribution in [0.1, 0.15) is 5.69 Å². The van der Waals surface area contributed by atoms with Crippen molar-refractivity contribution in [3.63, 3.8) is 0 Å². The minimum absolute atomic E-state index is 0.0963. The van der Waals surface area contributed by atoms with Crippen molar-refractivity contribution in [1.29, 1.82) is 0 Å². The Hall–Kier alpha value is -1.24. The minimum atomic E-state index is 0.0963. The monoisotopic (exact) mass is 253 g/mol. The summed E-state index contributed by atoms with van der Waals surface area (Å²) >= 11 is 4.83. The number of pyridine rings is 1. The summed E-state index contributed by atoms with van der Waals surface area (Å²) < 4.78 is 10.8. The molecule has 0 aromatic carbocycles. The van der Waals surface area contributed by atoms with Crippen LogP contribution in [0, 0.1) is 0 Å². The van der Waals surface area contributed by atoms with Gasteiger partial charge >= 0.3 is 0 Å². The van der Waals surface area contributed by atoms with Crippen LogP contribution in [0.5, 0.6) is 0 Å². The van der Waals surface area contributed by atoms with Crippen molar-refractivity contribution in [2.24, 2.45) is 5.73 Å². The summed E-state index contributed by atoms with van der Waals surface area (Å²) in [4.78, 5) is 4.45. The third-order valence-electron chi connectivity index (χ3n) is 2.43. The smallest absolute Gasteiger partial charge is 0.122 e. The Bertz CT molecular complexity index is 377. The molecule has 17 heavy (non-hydrogen) atoms. The predicted molar refractivity (Wildman–Crippen MR) is 69.2 cm³/mol. The van der Waals surface area contributed by atoms with Gasteiger partial charge in [-0.3, -0.25) is 4.98 Å². The van der Waals surface area contributed by atoms with E-state index in [1.807, 2.05) is 6.07 Å². The number of ether oxygens (including phenoxy) is 2. The van der Waals surface area contributed by atoms with Crippen LogP contribution in [0.15, 0.2) is 18.3 Å². The lowest BCUT2D eigenvalue weighted by molar-refractivity contribution is -0.0818. The van der Waals surface area contributed by atoms with Gasteiger partial charge in [0.05, 0.1) is 43.5 Å². The van der Waals surface area contributed by atoms with Crippen LogP contribution in [-0.4, -0.2) is 42.4 Å². The lowest BCUT2D eigenvalue weighted by Crippen LogP contribution is -2.34. The summed E-state index contributed by atoms with van der Waals surface area (Å²) in [6.45, 7) is 2.67. The van der Waals surface area contributed by atoms with Crippen LogP contribution in [0.2, 0.25) is 0 Å². The molecule has 0 spiro atoms. The van der Waals surface area contributed by atoms with Gasteiger partial charge in [0, 0.05) is 6.54 Å². The number of hydrogen-bond acceptors (Lipinski definition) is 5. The number of anilines is 1. The fourth-order valence-corrected chi connectivity index (χ4v) is 1.65. The lowest BCUT2D eigenvalue weighted by atomic mass is 10.3. The molecule has 1 fully saturated rings. The first kappa shape index (κ1) is 12.2. The zero-order valence-electron chi connectivity index (χ0n) is 9.39. The molecule has 0 aliphatic carbocycles. The maximum Gasteiger partial charge on any atom is 0.122 e. The van der Waals surface area contributed by atoms with E-state index in [4.69, 9.17) is 27.4 Å². The Morgan fingerprint density at radius 3 is 3.00 bits per heavy atom. The molecule has 5 nitrogen and oxygen atoms in total. The fraction of sp³-hybridized carbons (Fsp3) is 0.455. The fourth-order valence-electron chi connectivity index (χ4n) is 1.53. The van der Waals surface area contributed by atoms with E-state index in [2.05, 4.69) is 10.3 Å². The second kappa shape index (κ2) is 5.90. The van der Waals surface area contributed by atoms with Gasteiger partial charge in [-0.25, -0.2) is 0 Å². The van der Waals surface area contributed by atoms with Crippen molar-refractivity contribution in [3.8, 4) is 0 Å². The van der Waals surface area contributed by atoms with Crippen molar-refractivity contribution in [1.82, 2.24) is 4.98 Å². The largest absolute Gasteiger partial charge is 0.388 e. The van der Waals surface area contributed by atoms with E-state index in [0.29, 0.717) is 37.0 Å². The van der Waals surface area contributed by atoms with E-state index in [-0.39, 0.29) is 6.10 Å². The quantitative estimate of drug-likeness (QED) is 0.763. The summed E-state index contributed by atoms with van der Waals surface area (Å²) in [6, 6.07) is 3.69. The Morgan fingerprint density at radius 1 is 1.53 bits per heavy atom. The molecule has 3 N–H and O–H groups in total. The maximum absolute atomic E-state index is 5.51. The number of rotatable bonds is 4. The third kappa shape index (κ3) is 3.62. The molecule has 1 saturated heterocycles. The predicted octanol–water partition coefficient (Wildman–Crippen LogP) is 0.543. The minimum Gasteiger partial charge on any atom is -0.388 e. The normalized spacial score (nSPS) is 19.9. The second-order valence-electron chi connectivity index (χ2n) is 3.74. The molecule has 1 aliphatic rings. The molecular formula is C11H15N3O2S. The molecule has 1 atom stereocenters. The topological polar surface area (TPSA) is 69.4 Å². The Morgan fingerprint density at radius 2 is 2.41 bits per heavy atom. The van der Waals surface area contributed by atoms with Gasteiger partial charge in [-0.05, 0) is 12.1 Å². The molecule has 0 saturated carbocycles. The highest BCUT2D eigenvalue weighted by Gasteiger charge is 2.13. The van der Waals surface area contributed by atoms with Crippen LogP contribution >= 0.6 is 12.2 Å².